The van der Waals surface area contributed by atoms with E-state index >= 15 is 0 Å². The van der Waals surface area contributed by atoms with Crippen LogP contribution in [0, 0.1) is 5.92 Å². The molecule has 0 aliphatic heterocycles. The van der Waals surface area contributed by atoms with E-state index in [0.29, 0.717) is 30.6 Å². The first-order valence-corrected chi connectivity index (χ1v) is 12.9. The fourth-order valence-electron chi connectivity index (χ4n) is 4.64. The maximum absolute atomic E-state index is 13.4. The summed E-state index contributed by atoms with van der Waals surface area (Å²) in [5, 5.41) is 13.6. The maximum atomic E-state index is 13.4. The number of aliphatic hydroxyl groups excluding tert-OH is 1. The molecule has 0 aliphatic rings. The number of benzene rings is 4. The van der Waals surface area contributed by atoms with E-state index in [1.54, 1.807) is 0 Å². The van der Waals surface area contributed by atoms with Gasteiger partial charge in [0.05, 0.1) is 0 Å². The number of hydrogen-bond donors (Lipinski definition) is 4. The largest absolute Gasteiger partial charge is 0.399 e. The van der Waals surface area contributed by atoms with E-state index in [2.05, 4.69) is 11.9 Å². The van der Waals surface area contributed by atoms with Crippen molar-refractivity contribution >= 4 is 11.6 Å². The third-order valence-corrected chi connectivity index (χ3v) is 6.88. The monoisotopic (exact) mass is 505 g/mol. The van der Waals surface area contributed by atoms with Crippen molar-refractivity contribution in [3.63, 3.8) is 0 Å². The topological polar surface area (TPSA) is 101 Å². The number of rotatable bonds is 11. The van der Waals surface area contributed by atoms with E-state index in [-0.39, 0.29) is 24.5 Å². The van der Waals surface area contributed by atoms with E-state index in [9.17, 15) is 9.90 Å². The number of carbonyl (C=O) groups is 1. The predicted molar refractivity (Wildman–Crippen MR) is 155 cm³/mol. The minimum atomic E-state index is -0.275. The van der Waals surface area contributed by atoms with Crippen LogP contribution < -0.4 is 16.8 Å². The standard InChI is InChI=1S/C33H35N3O2/c1-23(35)30-9-5-8-26(18-30)19-31(22-37)32(20-24-6-3-2-4-7-24)36-33(38)29-16-14-28(15-17-29)27-12-10-25(21-34)11-13-27/h2-18,31-32,37H,1,19-22,34-35H2,(H,36,38). The van der Waals surface area contributed by atoms with Gasteiger partial charge in [0.25, 0.3) is 5.91 Å². The molecule has 1 amide bonds. The van der Waals surface area contributed by atoms with Crippen molar-refractivity contribution in [2.75, 3.05) is 6.61 Å². The van der Waals surface area contributed by atoms with Gasteiger partial charge in [-0.25, -0.2) is 0 Å². The fraction of sp³-hybridized carbons (Fsp3) is 0.182. The van der Waals surface area contributed by atoms with Crippen molar-refractivity contribution < 1.29 is 9.90 Å². The smallest absolute Gasteiger partial charge is 0.251 e. The second kappa shape index (κ2) is 12.9. The van der Waals surface area contributed by atoms with E-state index in [1.165, 1.54) is 0 Å². The molecule has 194 valence electrons. The molecule has 4 aromatic carbocycles. The molecule has 4 rings (SSSR count). The van der Waals surface area contributed by atoms with Crippen LogP contribution in [0.4, 0.5) is 0 Å². The van der Waals surface area contributed by atoms with Gasteiger partial charge < -0.3 is 21.9 Å². The van der Waals surface area contributed by atoms with Gasteiger partial charge in [0, 0.05) is 36.4 Å². The average Bonchev–Trinajstić information content (AvgIpc) is 2.96. The highest BCUT2D eigenvalue weighted by atomic mass is 16.3. The third kappa shape index (κ3) is 6.97. The first-order chi connectivity index (χ1) is 18.5. The van der Waals surface area contributed by atoms with Crippen LogP contribution in [0.15, 0.2) is 110 Å². The van der Waals surface area contributed by atoms with Crippen LogP contribution in [-0.4, -0.2) is 23.7 Å². The summed E-state index contributed by atoms with van der Waals surface area (Å²) in [6.07, 6.45) is 1.19. The Hall–Kier alpha value is -4.19. The van der Waals surface area contributed by atoms with E-state index in [4.69, 9.17) is 11.5 Å². The van der Waals surface area contributed by atoms with Crippen LogP contribution in [0.3, 0.4) is 0 Å². The number of nitrogens with one attached hydrogen (secondary N) is 1. The molecule has 0 saturated carbocycles. The fourth-order valence-corrected chi connectivity index (χ4v) is 4.64. The van der Waals surface area contributed by atoms with Crippen LogP contribution >= 0.6 is 0 Å². The Labute approximate surface area is 224 Å². The maximum Gasteiger partial charge on any atom is 0.251 e. The lowest BCUT2D eigenvalue weighted by Gasteiger charge is -2.27. The average molecular weight is 506 g/mol. The Morgan fingerprint density at radius 2 is 1.39 bits per heavy atom. The highest BCUT2D eigenvalue weighted by Crippen LogP contribution is 2.22. The molecule has 6 N–H and O–H groups in total. The van der Waals surface area contributed by atoms with Crippen molar-refractivity contribution in [3.05, 3.63) is 138 Å². The molecular formula is C33H35N3O2. The lowest BCUT2D eigenvalue weighted by Crippen LogP contribution is -2.44. The molecule has 0 bridgehead atoms. The summed E-state index contributed by atoms with van der Waals surface area (Å²) in [5.41, 5.74) is 18.8. The van der Waals surface area contributed by atoms with Crippen molar-refractivity contribution in [3.8, 4) is 11.1 Å². The van der Waals surface area contributed by atoms with Crippen molar-refractivity contribution in [2.45, 2.75) is 25.4 Å². The zero-order valence-electron chi connectivity index (χ0n) is 21.5. The molecule has 0 aliphatic carbocycles. The Morgan fingerprint density at radius 3 is 2.00 bits per heavy atom. The van der Waals surface area contributed by atoms with E-state index in [1.807, 2.05) is 103 Å². The van der Waals surface area contributed by atoms with Crippen molar-refractivity contribution in [1.82, 2.24) is 5.32 Å². The van der Waals surface area contributed by atoms with Gasteiger partial charge in [0.2, 0.25) is 0 Å². The highest BCUT2D eigenvalue weighted by Gasteiger charge is 2.24. The minimum Gasteiger partial charge on any atom is -0.399 e. The number of amides is 1. The quantitative estimate of drug-likeness (QED) is 0.232. The molecule has 0 radical (unpaired) electrons. The summed E-state index contributed by atoms with van der Waals surface area (Å²) >= 11 is 0. The second-order valence-corrected chi connectivity index (χ2v) is 9.62. The summed E-state index contributed by atoms with van der Waals surface area (Å²) in [6.45, 7) is 4.27. The number of aliphatic hydroxyl groups is 1. The SMILES string of the molecule is C=C(N)c1cccc(CC(CO)C(Cc2ccccc2)NC(=O)c2ccc(-c3ccc(CN)cc3)cc2)c1. The van der Waals surface area contributed by atoms with Gasteiger partial charge in [-0.3, -0.25) is 4.79 Å². The molecule has 0 saturated heterocycles. The number of carbonyl (C=O) groups excluding carboxylic acids is 1. The van der Waals surface area contributed by atoms with Crippen LogP contribution in [0.2, 0.25) is 0 Å². The number of nitrogens with two attached hydrogens (primary N) is 2. The lowest BCUT2D eigenvalue weighted by molar-refractivity contribution is 0.0903. The molecular weight excluding hydrogens is 470 g/mol. The molecule has 2 atom stereocenters. The predicted octanol–water partition coefficient (Wildman–Crippen LogP) is 4.93. The summed E-state index contributed by atoms with van der Waals surface area (Å²) in [6, 6.07) is 33.3. The van der Waals surface area contributed by atoms with Crippen LogP contribution in [-0.2, 0) is 19.4 Å². The van der Waals surface area contributed by atoms with Crippen molar-refractivity contribution in [2.24, 2.45) is 17.4 Å². The molecule has 0 spiro atoms. The summed E-state index contributed by atoms with van der Waals surface area (Å²) in [7, 11) is 0. The molecule has 0 heterocycles. The second-order valence-electron chi connectivity index (χ2n) is 9.62. The van der Waals surface area contributed by atoms with Gasteiger partial charge in [-0.05, 0) is 64.4 Å². The van der Waals surface area contributed by atoms with Crippen LogP contribution in [0.1, 0.15) is 32.6 Å². The number of hydrogen-bond acceptors (Lipinski definition) is 4. The molecule has 5 heteroatoms. The molecule has 38 heavy (non-hydrogen) atoms. The van der Waals surface area contributed by atoms with Gasteiger partial charge in [-0.1, -0.05) is 91.5 Å². The molecule has 0 fully saturated rings. The van der Waals surface area contributed by atoms with Gasteiger partial charge in [0.1, 0.15) is 0 Å². The lowest BCUT2D eigenvalue weighted by atomic mass is 9.88. The van der Waals surface area contributed by atoms with Crippen LogP contribution in [0.25, 0.3) is 16.8 Å². The Balaban J connectivity index is 1.53. The summed E-state index contributed by atoms with van der Waals surface area (Å²) < 4.78 is 0. The summed E-state index contributed by atoms with van der Waals surface area (Å²) in [4.78, 5) is 13.4. The highest BCUT2D eigenvalue weighted by molar-refractivity contribution is 5.95. The van der Waals surface area contributed by atoms with Gasteiger partial charge in [0.15, 0.2) is 0 Å². The molecule has 5 nitrogen and oxygen atoms in total. The first kappa shape index (κ1) is 26.9. The first-order valence-electron chi connectivity index (χ1n) is 12.9. The third-order valence-electron chi connectivity index (χ3n) is 6.88. The van der Waals surface area contributed by atoms with Crippen LogP contribution in [0.5, 0.6) is 0 Å². The molecule has 2 unspecified atom stereocenters. The zero-order valence-corrected chi connectivity index (χ0v) is 21.5. The van der Waals surface area contributed by atoms with E-state index < -0.39 is 0 Å². The molecule has 4 aromatic rings. The van der Waals surface area contributed by atoms with E-state index in [0.717, 1.165) is 33.4 Å². The normalized spacial score (nSPS) is 12.5. The Morgan fingerprint density at radius 1 is 0.763 bits per heavy atom. The van der Waals surface area contributed by atoms with Gasteiger partial charge in [-0.15, -0.1) is 0 Å². The van der Waals surface area contributed by atoms with Gasteiger partial charge in [-0.2, -0.15) is 0 Å². The Bertz CT molecular complexity index is 1350. The van der Waals surface area contributed by atoms with Gasteiger partial charge >= 0.3 is 0 Å². The van der Waals surface area contributed by atoms with Crippen molar-refractivity contribution in [1.29, 1.82) is 0 Å². The Kier molecular flexibility index (Phi) is 9.09. The minimum absolute atomic E-state index is 0.0662. The zero-order chi connectivity index (χ0) is 26.9. The molecule has 0 aromatic heterocycles. The summed E-state index contributed by atoms with van der Waals surface area (Å²) in [5.74, 6) is -0.362.